The predicted octanol–water partition coefficient (Wildman–Crippen LogP) is 2.79. The van der Waals surface area contributed by atoms with Crippen LogP contribution in [0.15, 0.2) is 53.4 Å². The number of nitrogens with zero attached hydrogens (tertiary/aromatic N) is 1. The molecular weight excluding hydrogens is 320 g/mol. The third kappa shape index (κ3) is 3.79. The highest BCUT2D eigenvalue weighted by molar-refractivity contribution is 8.00. The lowest BCUT2D eigenvalue weighted by molar-refractivity contribution is -0.122. The van der Waals surface area contributed by atoms with E-state index in [-0.39, 0.29) is 18.4 Å². The minimum absolute atomic E-state index is 0.0206. The summed E-state index contributed by atoms with van der Waals surface area (Å²) in [6, 6.07) is 15.9. The van der Waals surface area contributed by atoms with Gasteiger partial charge in [0.05, 0.1) is 11.4 Å². The van der Waals surface area contributed by atoms with Gasteiger partial charge in [0.25, 0.3) is 0 Å². The minimum atomic E-state index is -0.126. The first-order chi connectivity index (χ1) is 11.6. The number of thioether (sulfide) groups is 1. The maximum atomic E-state index is 12.2. The Hall–Kier alpha value is -2.27. The van der Waals surface area contributed by atoms with E-state index in [1.54, 1.807) is 4.90 Å². The number of hydrogen-bond donors (Lipinski definition) is 1. The number of carbonyl (C=O) groups excluding carboxylic acids is 2. The molecule has 0 radical (unpaired) electrons. The van der Waals surface area contributed by atoms with Crippen LogP contribution in [0.1, 0.15) is 11.1 Å². The number of anilines is 1. The molecule has 0 aromatic heterocycles. The predicted molar refractivity (Wildman–Crippen MR) is 97.4 cm³/mol. The summed E-state index contributed by atoms with van der Waals surface area (Å²) < 4.78 is 0. The maximum absolute atomic E-state index is 12.2. The lowest BCUT2D eigenvalue weighted by atomic mass is 10.1. The second-order valence-corrected chi connectivity index (χ2v) is 6.78. The number of hydrogen-bond acceptors (Lipinski definition) is 3. The number of amides is 2. The van der Waals surface area contributed by atoms with Gasteiger partial charge in [0.1, 0.15) is 6.54 Å². The summed E-state index contributed by atoms with van der Waals surface area (Å²) in [6.45, 7) is 2.71. The van der Waals surface area contributed by atoms with Gasteiger partial charge in [-0.2, -0.15) is 0 Å². The highest BCUT2D eigenvalue weighted by Crippen LogP contribution is 2.34. The maximum Gasteiger partial charge on any atom is 0.240 e. The molecule has 0 fully saturated rings. The summed E-state index contributed by atoms with van der Waals surface area (Å²) in [5.41, 5.74) is 3.28. The van der Waals surface area contributed by atoms with Crippen LogP contribution in [0.3, 0.4) is 0 Å². The van der Waals surface area contributed by atoms with Crippen molar-refractivity contribution in [2.75, 3.05) is 23.7 Å². The van der Waals surface area contributed by atoms with Crippen molar-refractivity contribution in [1.82, 2.24) is 5.32 Å². The van der Waals surface area contributed by atoms with E-state index in [0.717, 1.165) is 17.0 Å². The first kappa shape index (κ1) is 16.6. The summed E-state index contributed by atoms with van der Waals surface area (Å²) in [5.74, 6) is 0.236. The zero-order valence-electron chi connectivity index (χ0n) is 13.6. The molecule has 0 bridgehead atoms. The van der Waals surface area contributed by atoms with Gasteiger partial charge in [-0.1, -0.05) is 36.4 Å². The Labute approximate surface area is 146 Å². The lowest BCUT2D eigenvalue weighted by Gasteiger charge is -2.28. The zero-order valence-corrected chi connectivity index (χ0v) is 14.4. The van der Waals surface area contributed by atoms with Gasteiger partial charge in [0.15, 0.2) is 0 Å². The van der Waals surface area contributed by atoms with Gasteiger partial charge in [-0.25, -0.2) is 0 Å². The quantitative estimate of drug-likeness (QED) is 0.910. The molecule has 0 aliphatic carbocycles. The van der Waals surface area contributed by atoms with Crippen molar-refractivity contribution in [3.63, 3.8) is 0 Å². The van der Waals surface area contributed by atoms with Crippen molar-refractivity contribution in [3.8, 4) is 0 Å². The van der Waals surface area contributed by atoms with Crippen LogP contribution >= 0.6 is 11.8 Å². The van der Waals surface area contributed by atoms with E-state index in [2.05, 4.69) is 24.4 Å². The topological polar surface area (TPSA) is 49.4 Å². The average Bonchev–Trinajstić information content (AvgIpc) is 2.59. The number of rotatable bonds is 5. The molecule has 1 aliphatic rings. The first-order valence-corrected chi connectivity index (χ1v) is 8.97. The monoisotopic (exact) mass is 340 g/mol. The fraction of sp³-hybridized carbons (Fsp3) is 0.263. The molecule has 1 N–H and O–H groups in total. The molecule has 5 heteroatoms. The van der Waals surface area contributed by atoms with Crippen LogP contribution in [0.5, 0.6) is 0 Å². The standard InChI is InChI=1S/C19H20N2O2S/c1-14-6-2-3-7-15(14)10-11-20-18(22)12-21-16-8-4-5-9-17(16)24-13-19(21)23/h2-9H,10-13H2,1H3,(H,20,22). The Morgan fingerprint density at radius 2 is 1.92 bits per heavy atom. The SMILES string of the molecule is Cc1ccccc1CCNC(=O)CN1C(=O)CSc2ccccc21. The van der Waals surface area contributed by atoms with Crippen molar-refractivity contribution in [2.24, 2.45) is 0 Å². The van der Waals surface area contributed by atoms with Gasteiger partial charge >= 0.3 is 0 Å². The summed E-state index contributed by atoms with van der Waals surface area (Å²) in [6.07, 6.45) is 0.790. The van der Waals surface area contributed by atoms with Gasteiger partial charge in [0.2, 0.25) is 11.8 Å². The van der Waals surface area contributed by atoms with Crippen LogP contribution in [0, 0.1) is 6.92 Å². The third-order valence-corrected chi connectivity index (χ3v) is 5.14. The molecule has 0 saturated heterocycles. The van der Waals surface area contributed by atoms with Crippen LogP contribution in [0.2, 0.25) is 0 Å². The van der Waals surface area contributed by atoms with Gasteiger partial charge in [0, 0.05) is 11.4 Å². The van der Waals surface area contributed by atoms with E-state index >= 15 is 0 Å². The smallest absolute Gasteiger partial charge is 0.240 e. The number of nitrogens with one attached hydrogen (secondary N) is 1. The number of carbonyl (C=O) groups is 2. The van der Waals surface area contributed by atoms with E-state index < -0.39 is 0 Å². The summed E-state index contributed by atoms with van der Waals surface area (Å²) in [4.78, 5) is 27.0. The summed E-state index contributed by atoms with van der Waals surface area (Å²) >= 11 is 1.52. The van der Waals surface area contributed by atoms with Crippen molar-refractivity contribution >= 4 is 29.3 Å². The fourth-order valence-corrected chi connectivity index (χ4v) is 3.69. The van der Waals surface area contributed by atoms with E-state index in [0.29, 0.717) is 12.3 Å². The highest BCUT2D eigenvalue weighted by Gasteiger charge is 2.25. The molecule has 24 heavy (non-hydrogen) atoms. The van der Waals surface area contributed by atoms with Gasteiger partial charge < -0.3 is 10.2 Å². The average molecular weight is 340 g/mol. The summed E-state index contributed by atoms with van der Waals surface area (Å²) in [5, 5.41) is 2.92. The van der Waals surface area contributed by atoms with Crippen LogP contribution in [0.25, 0.3) is 0 Å². The van der Waals surface area contributed by atoms with Gasteiger partial charge in [-0.3, -0.25) is 9.59 Å². The molecule has 0 unspecified atom stereocenters. The van der Waals surface area contributed by atoms with Crippen molar-refractivity contribution in [3.05, 3.63) is 59.7 Å². The first-order valence-electron chi connectivity index (χ1n) is 7.98. The molecule has 0 spiro atoms. The number of benzene rings is 2. The Morgan fingerprint density at radius 3 is 2.75 bits per heavy atom. The second-order valence-electron chi connectivity index (χ2n) is 5.76. The molecule has 0 atom stereocenters. The van der Waals surface area contributed by atoms with E-state index in [9.17, 15) is 9.59 Å². The van der Waals surface area contributed by atoms with Gasteiger partial charge in [-0.15, -0.1) is 11.8 Å². The Morgan fingerprint density at radius 1 is 1.17 bits per heavy atom. The van der Waals surface area contributed by atoms with Crippen LogP contribution in [0.4, 0.5) is 5.69 Å². The molecule has 0 saturated carbocycles. The fourth-order valence-electron chi connectivity index (χ4n) is 2.75. The van der Waals surface area contributed by atoms with Crippen LogP contribution in [-0.2, 0) is 16.0 Å². The molecule has 1 aliphatic heterocycles. The van der Waals surface area contributed by atoms with Crippen LogP contribution < -0.4 is 10.2 Å². The largest absolute Gasteiger partial charge is 0.354 e. The molecular formula is C19H20N2O2S. The number of para-hydroxylation sites is 1. The summed E-state index contributed by atoms with van der Waals surface area (Å²) in [7, 11) is 0. The highest BCUT2D eigenvalue weighted by atomic mass is 32.2. The number of aryl methyl sites for hydroxylation is 1. The molecule has 2 amide bonds. The van der Waals surface area contributed by atoms with Crippen LogP contribution in [-0.4, -0.2) is 30.7 Å². The molecule has 2 aromatic rings. The van der Waals surface area contributed by atoms with E-state index in [4.69, 9.17) is 0 Å². The zero-order chi connectivity index (χ0) is 16.9. The molecule has 3 rings (SSSR count). The molecule has 124 valence electrons. The Kier molecular flexibility index (Phi) is 5.20. The van der Waals surface area contributed by atoms with E-state index in [1.807, 2.05) is 36.4 Å². The van der Waals surface area contributed by atoms with Crippen molar-refractivity contribution < 1.29 is 9.59 Å². The van der Waals surface area contributed by atoms with Gasteiger partial charge in [-0.05, 0) is 36.6 Å². The normalized spacial score (nSPS) is 13.5. The van der Waals surface area contributed by atoms with Crippen molar-refractivity contribution in [1.29, 1.82) is 0 Å². The second kappa shape index (κ2) is 7.53. The lowest BCUT2D eigenvalue weighted by Crippen LogP contribution is -2.43. The molecule has 4 nitrogen and oxygen atoms in total. The third-order valence-electron chi connectivity index (χ3n) is 4.09. The number of fused-ring (bicyclic) bond motifs is 1. The van der Waals surface area contributed by atoms with E-state index in [1.165, 1.54) is 22.9 Å². The van der Waals surface area contributed by atoms with Crippen molar-refractivity contribution in [2.45, 2.75) is 18.2 Å². The molecule has 1 heterocycles. The molecule has 2 aromatic carbocycles. The minimum Gasteiger partial charge on any atom is -0.354 e. The Bertz CT molecular complexity index is 761. The Balaban J connectivity index is 1.57.